The van der Waals surface area contributed by atoms with Crippen LogP contribution >= 0.6 is 0 Å². The minimum atomic E-state index is 0.236. The van der Waals surface area contributed by atoms with Crippen LogP contribution in [0.15, 0.2) is 27.4 Å². The van der Waals surface area contributed by atoms with Crippen LogP contribution in [0.2, 0.25) is 0 Å². The van der Waals surface area contributed by atoms with Gasteiger partial charge in [-0.05, 0) is 24.8 Å². The lowest BCUT2D eigenvalue weighted by Gasteiger charge is -2.28. The molecule has 16 heavy (non-hydrogen) atoms. The molecule has 2 atom stereocenters. The molecule has 0 aromatic carbocycles. The molecule has 1 aromatic rings. The lowest BCUT2D eigenvalue weighted by atomic mass is 9.76. The molecule has 3 heteroatoms. The van der Waals surface area contributed by atoms with Gasteiger partial charge in [0.1, 0.15) is 5.76 Å². The highest BCUT2D eigenvalue weighted by atomic mass is 16.3. The van der Waals surface area contributed by atoms with Gasteiger partial charge in [-0.15, -0.1) is 0 Å². The van der Waals surface area contributed by atoms with E-state index in [1.165, 1.54) is 11.1 Å². The highest BCUT2D eigenvalue weighted by molar-refractivity contribution is 5.83. The third kappa shape index (κ3) is 1.35. The molecule has 2 aliphatic rings. The van der Waals surface area contributed by atoms with Gasteiger partial charge < -0.3 is 9.52 Å². The number of aliphatic hydroxyl groups is 1. The minimum Gasteiger partial charge on any atom is -0.468 e. The molecule has 0 saturated heterocycles. The van der Waals surface area contributed by atoms with Gasteiger partial charge in [0.15, 0.2) is 0 Å². The maximum absolute atomic E-state index is 9.32. The fraction of sp³-hybridized carbons (Fsp3) is 0.462. The molecule has 1 N–H and O–H groups in total. The Morgan fingerprint density at radius 2 is 2.44 bits per heavy atom. The van der Waals surface area contributed by atoms with Crippen molar-refractivity contribution >= 4 is 6.21 Å². The molecule has 0 bridgehead atoms. The van der Waals surface area contributed by atoms with Crippen LogP contribution in [0.25, 0.3) is 0 Å². The molecule has 2 unspecified atom stereocenters. The standard InChI is InChI=1S/C13H15NO2/c1-8-4-14-5-10-7-16-12-3-9(6-15)2-11(8)13(10)12/h4-5,7,9,11,15H,2-3,6H2,1H3. The van der Waals surface area contributed by atoms with Crippen LogP contribution in [-0.2, 0) is 6.42 Å². The molecule has 3 rings (SSSR count). The van der Waals surface area contributed by atoms with E-state index < -0.39 is 0 Å². The summed E-state index contributed by atoms with van der Waals surface area (Å²) in [6.07, 6.45) is 7.43. The first-order valence-corrected chi connectivity index (χ1v) is 5.70. The van der Waals surface area contributed by atoms with Crippen molar-refractivity contribution in [3.8, 4) is 0 Å². The van der Waals surface area contributed by atoms with E-state index in [1.54, 1.807) is 6.26 Å². The summed E-state index contributed by atoms with van der Waals surface area (Å²) in [6, 6.07) is 0. The lowest BCUT2D eigenvalue weighted by Crippen LogP contribution is -2.21. The van der Waals surface area contributed by atoms with Crippen LogP contribution in [0, 0.1) is 5.92 Å². The molecule has 1 aliphatic carbocycles. The number of aliphatic hydroxyl groups excluding tert-OH is 1. The van der Waals surface area contributed by atoms with Gasteiger partial charge in [0.25, 0.3) is 0 Å². The van der Waals surface area contributed by atoms with Crippen LogP contribution < -0.4 is 0 Å². The zero-order valence-electron chi connectivity index (χ0n) is 9.31. The van der Waals surface area contributed by atoms with Crippen LogP contribution in [0.5, 0.6) is 0 Å². The molecule has 0 radical (unpaired) electrons. The fourth-order valence-corrected chi connectivity index (χ4v) is 2.75. The van der Waals surface area contributed by atoms with Crippen molar-refractivity contribution in [2.24, 2.45) is 10.9 Å². The predicted molar refractivity (Wildman–Crippen MR) is 61.7 cm³/mol. The van der Waals surface area contributed by atoms with Gasteiger partial charge in [-0.25, -0.2) is 0 Å². The SMILES string of the molecule is CC1=CN=Cc2coc3c2C1CC(CO)C3. The molecule has 2 heterocycles. The van der Waals surface area contributed by atoms with Crippen LogP contribution in [-0.4, -0.2) is 17.9 Å². The van der Waals surface area contributed by atoms with Gasteiger partial charge in [0.05, 0.1) is 6.26 Å². The van der Waals surface area contributed by atoms with Crippen molar-refractivity contribution in [3.05, 3.63) is 34.9 Å². The molecule has 0 amide bonds. The maximum atomic E-state index is 9.32. The van der Waals surface area contributed by atoms with Crippen molar-refractivity contribution in [3.63, 3.8) is 0 Å². The van der Waals surface area contributed by atoms with E-state index in [0.29, 0.717) is 11.8 Å². The first kappa shape index (κ1) is 9.85. The Labute approximate surface area is 94.5 Å². The Kier molecular flexibility index (Phi) is 2.21. The summed E-state index contributed by atoms with van der Waals surface area (Å²) < 4.78 is 5.59. The quantitative estimate of drug-likeness (QED) is 0.784. The summed E-state index contributed by atoms with van der Waals surface area (Å²) in [6.45, 7) is 2.34. The fourth-order valence-electron chi connectivity index (χ4n) is 2.75. The number of hydrogen-bond donors (Lipinski definition) is 1. The van der Waals surface area contributed by atoms with E-state index in [9.17, 15) is 5.11 Å². The van der Waals surface area contributed by atoms with E-state index in [1.807, 2.05) is 12.4 Å². The topological polar surface area (TPSA) is 45.7 Å². The van der Waals surface area contributed by atoms with Crippen molar-refractivity contribution in [1.82, 2.24) is 0 Å². The van der Waals surface area contributed by atoms with Gasteiger partial charge in [0.2, 0.25) is 0 Å². The van der Waals surface area contributed by atoms with Crippen LogP contribution in [0.1, 0.15) is 36.1 Å². The summed E-state index contributed by atoms with van der Waals surface area (Å²) >= 11 is 0. The second-order valence-electron chi connectivity index (χ2n) is 4.72. The monoisotopic (exact) mass is 217 g/mol. The van der Waals surface area contributed by atoms with Gasteiger partial charge in [-0.2, -0.15) is 0 Å². The zero-order chi connectivity index (χ0) is 11.1. The molecular formula is C13H15NO2. The third-order valence-electron chi connectivity index (χ3n) is 3.63. The Balaban J connectivity index is 2.12. The number of rotatable bonds is 1. The van der Waals surface area contributed by atoms with E-state index in [-0.39, 0.29) is 6.61 Å². The second kappa shape index (κ2) is 3.59. The van der Waals surface area contributed by atoms with Crippen molar-refractivity contribution in [1.29, 1.82) is 0 Å². The average molecular weight is 217 g/mol. The zero-order valence-corrected chi connectivity index (χ0v) is 9.31. The summed E-state index contributed by atoms with van der Waals surface area (Å²) in [7, 11) is 0. The summed E-state index contributed by atoms with van der Waals surface area (Å²) in [5, 5.41) is 9.32. The van der Waals surface area contributed by atoms with Gasteiger partial charge in [-0.1, -0.05) is 0 Å². The first-order valence-electron chi connectivity index (χ1n) is 5.70. The smallest absolute Gasteiger partial charge is 0.108 e. The van der Waals surface area contributed by atoms with Crippen LogP contribution in [0.4, 0.5) is 0 Å². The van der Waals surface area contributed by atoms with Crippen molar-refractivity contribution in [2.45, 2.75) is 25.7 Å². The third-order valence-corrected chi connectivity index (χ3v) is 3.63. The highest BCUT2D eigenvalue weighted by Crippen LogP contribution is 2.42. The molecule has 0 fully saturated rings. The van der Waals surface area contributed by atoms with E-state index >= 15 is 0 Å². The molecule has 0 saturated carbocycles. The Morgan fingerprint density at radius 3 is 3.25 bits per heavy atom. The molecule has 84 valence electrons. The van der Waals surface area contributed by atoms with Crippen molar-refractivity contribution in [2.75, 3.05) is 6.61 Å². The normalized spacial score (nSPS) is 27.2. The number of furan rings is 1. The Morgan fingerprint density at radius 1 is 1.56 bits per heavy atom. The number of allylic oxidation sites excluding steroid dienone is 1. The van der Waals surface area contributed by atoms with E-state index in [4.69, 9.17) is 4.42 Å². The predicted octanol–water partition coefficient (Wildman–Crippen LogP) is 2.25. The van der Waals surface area contributed by atoms with Crippen LogP contribution in [0.3, 0.4) is 0 Å². The summed E-state index contributed by atoms with van der Waals surface area (Å²) in [5.74, 6) is 1.72. The minimum absolute atomic E-state index is 0.236. The molecule has 1 aromatic heterocycles. The summed E-state index contributed by atoms with van der Waals surface area (Å²) in [4.78, 5) is 4.27. The molecule has 0 spiro atoms. The summed E-state index contributed by atoms with van der Waals surface area (Å²) in [5.41, 5.74) is 3.65. The van der Waals surface area contributed by atoms with Gasteiger partial charge in [-0.3, -0.25) is 4.99 Å². The first-order chi connectivity index (χ1) is 7.79. The lowest BCUT2D eigenvalue weighted by molar-refractivity contribution is 0.199. The Hall–Kier alpha value is -1.35. The molecule has 3 nitrogen and oxygen atoms in total. The average Bonchev–Trinajstić information content (AvgIpc) is 2.63. The van der Waals surface area contributed by atoms with E-state index in [2.05, 4.69) is 11.9 Å². The van der Waals surface area contributed by atoms with Gasteiger partial charge >= 0.3 is 0 Å². The number of aliphatic imine (C=N–C) groups is 1. The largest absolute Gasteiger partial charge is 0.468 e. The molecular weight excluding hydrogens is 202 g/mol. The number of hydrogen-bond acceptors (Lipinski definition) is 3. The number of nitrogens with zero attached hydrogens (tertiary/aromatic N) is 1. The molecule has 1 aliphatic heterocycles. The second-order valence-corrected chi connectivity index (χ2v) is 4.72. The van der Waals surface area contributed by atoms with Gasteiger partial charge in [0, 0.05) is 42.5 Å². The van der Waals surface area contributed by atoms with Crippen molar-refractivity contribution < 1.29 is 9.52 Å². The van der Waals surface area contributed by atoms with E-state index in [0.717, 1.165) is 24.2 Å². The Bertz CT molecular complexity index is 470. The maximum Gasteiger partial charge on any atom is 0.108 e. The highest BCUT2D eigenvalue weighted by Gasteiger charge is 2.32.